The van der Waals surface area contributed by atoms with Gasteiger partial charge < -0.3 is 10.6 Å². The van der Waals surface area contributed by atoms with Crippen LogP contribution >= 0.6 is 0 Å². The van der Waals surface area contributed by atoms with Gasteiger partial charge in [-0.1, -0.05) is 25.1 Å². The van der Waals surface area contributed by atoms with E-state index in [1.165, 1.54) is 0 Å². The van der Waals surface area contributed by atoms with Gasteiger partial charge in [0.1, 0.15) is 0 Å². The van der Waals surface area contributed by atoms with Gasteiger partial charge >= 0.3 is 0 Å². The lowest BCUT2D eigenvalue weighted by molar-refractivity contribution is -0.122. The van der Waals surface area contributed by atoms with Crippen molar-refractivity contribution in [3.8, 4) is 0 Å². The minimum absolute atomic E-state index is 0.104. The number of carbonyl (C=O) groups excluding carboxylic acids is 1. The Morgan fingerprint density at radius 3 is 2.82 bits per heavy atom. The Labute approximate surface area is 103 Å². The van der Waals surface area contributed by atoms with Gasteiger partial charge in [0, 0.05) is 5.69 Å². The molecule has 0 aliphatic carbocycles. The Bertz CT molecular complexity index is 408. The Morgan fingerprint density at radius 2 is 2.24 bits per heavy atom. The van der Waals surface area contributed by atoms with Crippen LogP contribution < -0.4 is 10.6 Å². The molecule has 1 aliphatic rings. The van der Waals surface area contributed by atoms with Gasteiger partial charge in [0.25, 0.3) is 0 Å². The van der Waals surface area contributed by atoms with Gasteiger partial charge in [-0.25, -0.2) is 0 Å². The molecule has 0 radical (unpaired) electrons. The zero-order chi connectivity index (χ0) is 12.3. The molecule has 1 saturated heterocycles. The first-order valence-corrected chi connectivity index (χ1v) is 6.30. The fraction of sp³-hybridized carbons (Fsp3) is 0.500. The van der Waals surface area contributed by atoms with E-state index >= 15 is 0 Å². The van der Waals surface area contributed by atoms with Crippen LogP contribution in [0.15, 0.2) is 24.3 Å². The zero-order valence-corrected chi connectivity index (χ0v) is 10.5. The Kier molecular flexibility index (Phi) is 3.48. The topological polar surface area (TPSA) is 41.1 Å². The van der Waals surface area contributed by atoms with Gasteiger partial charge in [-0.15, -0.1) is 0 Å². The van der Waals surface area contributed by atoms with Crippen molar-refractivity contribution in [1.82, 2.24) is 5.32 Å². The van der Waals surface area contributed by atoms with Gasteiger partial charge in [0.15, 0.2) is 0 Å². The van der Waals surface area contributed by atoms with Crippen LogP contribution in [0.3, 0.4) is 0 Å². The van der Waals surface area contributed by atoms with Crippen LogP contribution in [0.4, 0.5) is 5.69 Å². The lowest BCUT2D eigenvalue weighted by Crippen LogP contribution is -2.50. The molecule has 0 saturated carbocycles. The number of nitrogens with one attached hydrogen (secondary N) is 2. The molecule has 92 valence electrons. The highest BCUT2D eigenvalue weighted by molar-refractivity contribution is 5.98. The molecule has 1 aliphatic heterocycles. The number of amides is 1. The highest BCUT2D eigenvalue weighted by Crippen LogP contribution is 2.25. The Hall–Kier alpha value is -1.35. The van der Waals surface area contributed by atoms with E-state index < -0.39 is 0 Å². The summed E-state index contributed by atoms with van der Waals surface area (Å²) < 4.78 is 0. The predicted molar refractivity (Wildman–Crippen MR) is 70.1 cm³/mol. The first-order chi connectivity index (χ1) is 8.18. The molecule has 3 heteroatoms. The molecule has 1 heterocycles. The summed E-state index contributed by atoms with van der Waals surface area (Å²) in [5.74, 6) is 0.104. The molecule has 1 aromatic rings. The first kappa shape index (κ1) is 12.1. The summed E-state index contributed by atoms with van der Waals surface area (Å²) in [4.78, 5) is 12.3. The van der Waals surface area contributed by atoms with E-state index in [2.05, 4.69) is 17.6 Å². The summed E-state index contributed by atoms with van der Waals surface area (Å²) in [6, 6.07) is 7.89. The summed E-state index contributed by atoms with van der Waals surface area (Å²) >= 11 is 0. The molecule has 0 aromatic heterocycles. The largest absolute Gasteiger partial charge is 0.324 e. The van der Waals surface area contributed by atoms with Gasteiger partial charge in [-0.05, 0) is 44.4 Å². The van der Waals surface area contributed by atoms with Crippen LogP contribution in [0.1, 0.15) is 31.7 Å². The molecule has 1 fully saturated rings. The molecule has 1 atom stereocenters. The molecule has 2 rings (SSSR count). The second kappa shape index (κ2) is 4.88. The van der Waals surface area contributed by atoms with Crippen LogP contribution in [0.5, 0.6) is 0 Å². The molecule has 0 bridgehead atoms. The molecule has 1 aromatic carbocycles. The average Bonchev–Trinajstić information content (AvgIpc) is 2.82. The van der Waals surface area contributed by atoms with Crippen LogP contribution in [0, 0.1) is 6.92 Å². The van der Waals surface area contributed by atoms with Gasteiger partial charge in [-0.2, -0.15) is 0 Å². The highest BCUT2D eigenvalue weighted by Gasteiger charge is 2.39. The van der Waals surface area contributed by atoms with Crippen molar-refractivity contribution in [3.63, 3.8) is 0 Å². The van der Waals surface area contributed by atoms with E-state index in [9.17, 15) is 4.79 Å². The summed E-state index contributed by atoms with van der Waals surface area (Å²) in [5, 5.41) is 6.39. The predicted octanol–water partition coefficient (Wildman–Crippen LogP) is 2.47. The Balaban J connectivity index is 2.14. The number of hydrogen-bond acceptors (Lipinski definition) is 2. The summed E-state index contributed by atoms with van der Waals surface area (Å²) in [7, 11) is 0. The van der Waals surface area contributed by atoms with Crippen molar-refractivity contribution in [2.45, 2.75) is 38.6 Å². The quantitative estimate of drug-likeness (QED) is 0.840. The smallest absolute Gasteiger partial charge is 0.244 e. The van der Waals surface area contributed by atoms with E-state index in [-0.39, 0.29) is 11.4 Å². The number of rotatable bonds is 3. The van der Waals surface area contributed by atoms with Gasteiger partial charge in [0.2, 0.25) is 5.91 Å². The number of aryl methyl sites for hydroxylation is 1. The third-order valence-corrected chi connectivity index (χ3v) is 3.68. The van der Waals surface area contributed by atoms with Gasteiger partial charge in [0.05, 0.1) is 5.54 Å². The number of para-hydroxylation sites is 1. The van der Waals surface area contributed by atoms with E-state index in [1.54, 1.807) is 0 Å². The third-order valence-electron chi connectivity index (χ3n) is 3.68. The number of benzene rings is 1. The summed E-state index contributed by atoms with van der Waals surface area (Å²) in [6.07, 6.45) is 2.85. The van der Waals surface area contributed by atoms with Gasteiger partial charge in [-0.3, -0.25) is 4.79 Å². The van der Waals surface area contributed by atoms with E-state index in [0.717, 1.165) is 37.1 Å². The highest BCUT2D eigenvalue weighted by atomic mass is 16.2. The lowest BCUT2D eigenvalue weighted by atomic mass is 9.93. The third kappa shape index (κ3) is 2.34. The molecular weight excluding hydrogens is 212 g/mol. The second-order valence-corrected chi connectivity index (χ2v) is 4.74. The summed E-state index contributed by atoms with van der Waals surface area (Å²) in [6.45, 7) is 5.01. The standard InChI is InChI=1S/C14H20N2O/c1-3-14(9-6-10-15-14)13(17)16-12-8-5-4-7-11(12)2/h4-5,7-8,15H,3,6,9-10H2,1-2H3,(H,16,17). The van der Waals surface area contributed by atoms with Crippen molar-refractivity contribution in [2.75, 3.05) is 11.9 Å². The molecule has 1 unspecified atom stereocenters. The molecule has 0 spiro atoms. The maximum atomic E-state index is 12.3. The maximum Gasteiger partial charge on any atom is 0.244 e. The van der Waals surface area contributed by atoms with Crippen LogP contribution in [-0.4, -0.2) is 18.0 Å². The molecule has 2 N–H and O–H groups in total. The molecule has 17 heavy (non-hydrogen) atoms. The second-order valence-electron chi connectivity index (χ2n) is 4.74. The number of carbonyl (C=O) groups is 1. The van der Waals surface area contributed by atoms with Crippen molar-refractivity contribution < 1.29 is 4.79 Å². The van der Waals surface area contributed by atoms with Crippen LogP contribution in [0.2, 0.25) is 0 Å². The van der Waals surface area contributed by atoms with Crippen molar-refractivity contribution in [3.05, 3.63) is 29.8 Å². The molecule has 1 amide bonds. The fourth-order valence-electron chi connectivity index (χ4n) is 2.42. The fourth-order valence-corrected chi connectivity index (χ4v) is 2.42. The van der Waals surface area contributed by atoms with Crippen molar-refractivity contribution in [1.29, 1.82) is 0 Å². The maximum absolute atomic E-state index is 12.3. The lowest BCUT2D eigenvalue weighted by Gasteiger charge is -2.27. The molecular formula is C14H20N2O. The SMILES string of the molecule is CCC1(C(=O)Nc2ccccc2C)CCCN1. The zero-order valence-electron chi connectivity index (χ0n) is 10.5. The first-order valence-electron chi connectivity index (χ1n) is 6.30. The minimum atomic E-state index is -0.359. The summed E-state index contributed by atoms with van der Waals surface area (Å²) in [5.41, 5.74) is 1.66. The Morgan fingerprint density at radius 1 is 1.47 bits per heavy atom. The van der Waals surface area contributed by atoms with E-state index in [1.807, 2.05) is 31.2 Å². The van der Waals surface area contributed by atoms with Crippen molar-refractivity contribution >= 4 is 11.6 Å². The van der Waals surface area contributed by atoms with Crippen molar-refractivity contribution in [2.24, 2.45) is 0 Å². The van der Waals surface area contributed by atoms with Crippen LogP contribution in [-0.2, 0) is 4.79 Å². The normalized spacial score (nSPS) is 23.6. The number of hydrogen-bond donors (Lipinski definition) is 2. The van der Waals surface area contributed by atoms with E-state index in [4.69, 9.17) is 0 Å². The molecule has 3 nitrogen and oxygen atoms in total. The minimum Gasteiger partial charge on any atom is -0.324 e. The van der Waals surface area contributed by atoms with Crippen LogP contribution in [0.25, 0.3) is 0 Å². The number of anilines is 1. The van der Waals surface area contributed by atoms with E-state index in [0.29, 0.717) is 0 Å². The monoisotopic (exact) mass is 232 g/mol. The average molecular weight is 232 g/mol.